The summed E-state index contributed by atoms with van der Waals surface area (Å²) in [6.07, 6.45) is -1.74. The molecule has 2 heterocycles. The molecule has 0 unspecified atom stereocenters. The van der Waals surface area contributed by atoms with Crippen molar-refractivity contribution < 1.29 is 17.6 Å². The fraction of sp³-hybridized carbons (Fsp3) is 0.182. The van der Waals surface area contributed by atoms with E-state index in [9.17, 15) is 13.2 Å². The van der Waals surface area contributed by atoms with E-state index in [1.54, 1.807) is 18.0 Å². The van der Waals surface area contributed by atoms with Gasteiger partial charge in [0.25, 0.3) is 0 Å². The number of benzene rings is 2. The van der Waals surface area contributed by atoms with E-state index in [1.165, 1.54) is 22.6 Å². The van der Waals surface area contributed by atoms with Crippen molar-refractivity contribution >= 4 is 23.0 Å². The van der Waals surface area contributed by atoms with Crippen LogP contribution in [0.5, 0.6) is 0 Å². The van der Waals surface area contributed by atoms with Crippen LogP contribution in [0.15, 0.2) is 70.1 Å². The standard InChI is InChI=1S/C22H17F3N2OS/c1-2-14-4-3-5-18(12-14)29-13-16-10-11-26-21-19(16)27-20(28-21)15-6-8-17(9-7-15)22(23,24)25/h3-12H,2,13H2,1H3. The molecule has 4 rings (SSSR count). The van der Waals surface area contributed by atoms with Crippen molar-refractivity contribution in [2.24, 2.45) is 0 Å². The summed E-state index contributed by atoms with van der Waals surface area (Å²) in [5.41, 5.74) is 3.01. The molecular formula is C22H17F3N2OS. The number of oxazole rings is 1. The van der Waals surface area contributed by atoms with Crippen molar-refractivity contribution in [1.29, 1.82) is 0 Å². The first-order valence-corrected chi connectivity index (χ1v) is 10.1. The Labute approximate surface area is 170 Å². The van der Waals surface area contributed by atoms with Crippen molar-refractivity contribution in [3.8, 4) is 11.5 Å². The lowest BCUT2D eigenvalue weighted by Crippen LogP contribution is -2.03. The molecule has 0 N–H and O–H groups in total. The number of fused-ring (bicyclic) bond motifs is 1. The zero-order valence-corrected chi connectivity index (χ0v) is 16.3. The maximum absolute atomic E-state index is 12.8. The molecule has 2 aromatic carbocycles. The van der Waals surface area contributed by atoms with E-state index in [1.807, 2.05) is 12.1 Å². The third kappa shape index (κ3) is 4.29. The zero-order chi connectivity index (χ0) is 20.4. The molecule has 0 aliphatic heterocycles. The molecule has 0 radical (unpaired) electrons. The average molecular weight is 414 g/mol. The van der Waals surface area contributed by atoms with Crippen LogP contribution in [0.1, 0.15) is 23.6 Å². The number of nitrogens with zero attached hydrogens (tertiary/aromatic N) is 2. The molecule has 0 amide bonds. The van der Waals surface area contributed by atoms with Crippen LogP contribution in [0.3, 0.4) is 0 Å². The Hall–Kier alpha value is -2.80. The molecule has 3 nitrogen and oxygen atoms in total. The molecule has 0 aliphatic carbocycles. The highest BCUT2D eigenvalue weighted by molar-refractivity contribution is 7.98. The van der Waals surface area contributed by atoms with E-state index in [2.05, 4.69) is 35.1 Å². The van der Waals surface area contributed by atoms with Gasteiger partial charge in [-0.15, -0.1) is 11.8 Å². The summed E-state index contributed by atoms with van der Waals surface area (Å²) in [7, 11) is 0. The van der Waals surface area contributed by atoms with Gasteiger partial charge >= 0.3 is 6.18 Å². The number of halogens is 3. The number of hydrogen-bond acceptors (Lipinski definition) is 4. The highest BCUT2D eigenvalue weighted by Crippen LogP contribution is 2.33. The van der Waals surface area contributed by atoms with Gasteiger partial charge in [0.15, 0.2) is 0 Å². The molecule has 0 bridgehead atoms. The van der Waals surface area contributed by atoms with Crippen molar-refractivity contribution in [3.63, 3.8) is 0 Å². The van der Waals surface area contributed by atoms with Gasteiger partial charge in [-0.1, -0.05) is 19.1 Å². The van der Waals surface area contributed by atoms with Crippen molar-refractivity contribution in [1.82, 2.24) is 9.97 Å². The average Bonchev–Trinajstić information content (AvgIpc) is 3.17. The van der Waals surface area contributed by atoms with Crippen LogP contribution < -0.4 is 0 Å². The van der Waals surface area contributed by atoms with Crippen molar-refractivity contribution in [2.75, 3.05) is 0 Å². The Morgan fingerprint density at radius 3 is 2.55 bits per heavy atom. The van der Waals surface area contributed by atoms with E-state index in [-0.39, 0.29) is 5.89 Å². The van der Waals surface area contributed by atoms with Crippen LogP contribution in [-0.2, 0) is 18.3 Å². The largest absolute Gasteiger partial charge is 0.418 e. The minimum absolute atomic E-state index is 0.256. The fourth-order valence-corrected chi connectivity index (χ4v) is 3.91. The predicted molar refractivity (Wildman–Crippen MR) is 108 cm³/mol. The molecule has 0 saturated carbocycles. The van der Waals surface area contributed by atoms with Gasteiger partial charge < -0.3 is 4.42 Å². The van der Waals surface area contributed by atoms with Gasteiger partial charge in [0, 0.05) is 22.4 Å². The molecule has 0 fully saturated rings. The Morgan fingerprint density at radius 1 is 1.03 bits per heavy atom. The lowest BCUT2D eigenvalue weighted by molar-refractivity contribution is -0.137. The number of pyridine rings is 1. The van der Waals surface area contributed by atoms with Gasteiger partial charge in [0.2, 0.25) is 11.6 Å². The summed E-state index contributed by atoms with van der Waals surface area (Å²) in [4.78, 5) is 9.87. The zero-order valence-electron chi connectivity index (χ0n) is 15.5. The van der Waals surface area contributed by atoms with Crippen LogP contribution in [0.4, 0.5) is 13.2 Å². The lowest BCUT2D eigenvalue weighted by atomic mass is 10.1. The van der Waals surface area contributed by atoms with Crippen molar-refractivity contribution in [3.05, 3.63) is 77.5 Å². The summed E-state index contributed by atoms with van der Waals surface area (Å²) in [5, 5.41) is 0. The van der Waals surface area contributed by atoms with Gasteiger partial charge in [0.1, 0.15) is 5.52 Å². The summed E-state index contributed by atoms with van der Waals surface area (Å²) in [5.74, 6) is 0.942. The second kappa shape index (κ2) is 7.91. The SMILES string of the molecule is CCc1cccc(SCc2ccnc3oc(-c4ccc(C(F)(F)F)cc4)nc23)c1. The van der Waals surface area contributed by atoms with E-state index in [4.69, 9.17) is 4.42 Å². The maximum Gasteiger partial charge on any atom is 0.416 e. The first-order valence-electron chi connectivity index (χ1n) is 9.08. The summed E-state index contributed by atoms with van der Waals surface area (Å²) in [6, 6.07) is 15.0. The molecular weight excluding hydrogens is 397 g/mol. The third-order valence-corrected chi connectivity index (χ3v) is 5.58. The third-order valence-electron chi connectivity index (χ3n) is 4.54. The molecule has 7 heteroatoms. The number of aryl methyl sites for hydroxylation is 1. The Morgan fingerprint density at radius 2 is 1.83 bits per heavy atom. The van der Waals surface area contributed by atoms with E-state index < -0.39 is 11.7 Å². The quantitative estimate of drug-likeness (QED) is 0.338. The van der Waals surface area contributed by atoms with Crippen LogP contribution >= 0.6 is 11.8 Å². The topological polar surface area (TPSA) is 38.9 Å². The highest BCUT2D eigenvalue weighted by atomic mass is 32.2. The number of alkyl halides is 3. The van der Waals surface area contributed by atoms with E-state index in [0.717, 1.165) is 24.1 Å². The van der Waals surface area contributed by atoms with Gasteiger partial charge in [-0.2, -0.15) is 13.2 Å². The van der Waals surface area contributed by atoms with Crippen LogP contribution in [-0.4, -0.2) is 9.97 Å². The Kier molecular flexibility index (Phi) is 5.32. The van der Waals surface area contributed by atoms with Crippen LogP contribution in [0.2, 0.25) is 0 Å². The number of thioether (sulfide) groups is 1. The second-order valence-electron chi connectivity index (χ2n) is 6.51. The molecule has 2 aromatic heterocycles. The second-order valence-corrected chi connectivity index (χ2v) is 7.56. The van der Waals surface area contributed by atoms with Crippen LogP contribution in [0, 0.1) is 0 Å². The molecule has 148 valence electrons. The molecule has 0 atom stereocenters. The molecule has 29 heavy (non-hydrogen) atoms. The van der Waals surface area contributed by atoms with Gasteiger partial charge in [0.05, 0.1) is 5.56 Å². The number of aromatic nitrogens is 2. The molecule has 0 aliphatic rings. The predicted octanol–water partition coefficient (Wildman–Crippen LogP) is 6.76. The summed E-state index contributed by atoms with van der Waals surface area (Å²) in [6.45, 7) is 2.12. The monoisotopic (exact) mass is 414 g/mol. The highest BCUT2D eigenvalue weighted by Gasteiger charge is 2.30. The smallest absolute Gasteiger partial charge is 0.416 e. The first-order chi connectivity index (χ1) is 13.9. The minimum Gasteiger partial charge on any atom is -0.418 e. The summed E-state index contributed by atoms with van der Waals surface area (Å²) < 4.78 is 44.0. The fourth-order valence-electron chi connectivity index (χ4n) is 2.94. The first kappa shape index (κ1) is 19.5. The lowest BCUT2D eigenvalue weighted by Gasteiger charge is -2.05. The molecule has 0 spiro atoms. The minimum atomic E-state index is -4.37. The number of hydrogen-bond donors (Lipinski definition) is 0. The summed E-state index contributed by atoms with van der Waals surface area (Å²) >= 11 is 1.69. The van der Waals surface area contributed by atoms with E-state index >= 15 is 0 Å². The molecule has 4 aromatic rings. The Bertz CT molecular complexity index is 1140. The van der Waals surface area contributed by atoms with E-state index in [0.29, 0.717) is 22.5 Å². The van der Waals surface area contributed by atoms with Crippen molar-refractivity contribution in [2.45, 2.75) is 30.2 Å². The van der Waals surface area contributed by atoms with Crippen LogP contribution in [0.25, 0.3) is 22.7 Å². The van der Waals surface area contributed by atoms with Gasteiger partial charge in [-0.25, -0.2) is 9.97 Å². The molecule has 0 saturated heterocycles. The van der Waals surface area contributed by atoms with Gasteiger partial charge in [-0.3, -0.25) is 0 Å². The van der Waals surface area contributed by atoms with Gasteiger partial charge in [-0.05, 0) is 60.0 Å². The Balaban J connectivity index is 1.60. The maximum atomic E-state index is 12.8. The number of rotatable bonds is 5. The normalized spacial score (nSPS) is 11.9.